The van der Waals surface area contributed by atoms with Crippen molar-refractivity contribution in [2.24, 2.45) is 0 Å². The smallest absolute Gasteiger partial charge is 0.234 e. The Hall–Kier alpha value is -1.95. The minimum Gasteiger partial charge on any atom is -0.324 e. The Labute approximate surface area is 122 Å². The van der Waals surface area contributed by atoms with Crippen molar-refractivity contribution >= 4 is 23.4 Å². The monoisotopic (exact) mass is 288 g/mol. The molecule has 104 valence electrons. The second-order valence-corrected chi connectivity index (χ2v) is 5.40. The highest BCUT2D eigenvalue weighted by atomic mass is 32.2. The van der Waals surface area contributed by atoms with Crippen molar-refractivity contribution in [3.8, 4) is 0 Å². The van der Waals surface area contributed by atoms with Crippen LogP contribution in [0.2, 0.25) is 0 Å². The fourth-order valence-corrected chi connectivity index (χ4v) is 2.42. The summed E-state index contributed by atoms with van der Waals surface area (Å²) in [6.07, 6.45) is 3.34. The first-order chi connectivity index (χ1) is 9.54. The molecule has 2 aromatic rings. The number of anilines is 1. The number of rotatable bonds is 4. The van der Waals surface area contributed by atoms with Crippen LogP contribution in [-0.4, -0.2) is 26.6 Å². The van der Waals surface area contributed by atoms with Crippen LogP contribution in [0.15, 0.2) is 29.7 Å². The molecule has 0 saturated carbocycles. The molecule has 0 saturated heterocycles. The molecule has 1 N–H and O–H groups in total. The number of carbonyl (C=O) groups is 1. The summed E-state index contributed by atoms with van der Waals surface area (Å²) < 4.78 is 0. The molecular weight excluding hydrogens is 272 g/mol. The molecular formula is C14H16N4OS. The van der Waals surface area contributed by atoms with Crippen molar-refractivity contribution in [3.63, 3.8) is 0 Å². The normalized spacial score (nSPS) is 10.3. The Morgan fingerprint density at radius 3 is 2.60 bits per heavy atom. The number of nitrogens with zero attached hydrogens (tertiary/aromatic N) is 3. The van der Waals surface area contributed by atoms with Crippen LogP contribution in [0.3, 0.4) is 0 Å². The number of nitrogens with one attached hydrogen (secondary N) is 1. The zero-order valence-electron chi connectivity index (χ0n) is 11.7. The van der Waals surface area contributed by atoms with Gasteiger partial charge < -0.3 is 5.32 Å². The molecule has 0 radical (unpaired) electrons. The summed E-state index contributed by atoms with van der Waals surface area (Å²) in [5, 5.41) is 3.46. The minimum atomic E-state index is -0.0890. The van der Waals surface area contributed by atoms with E-state index in [0.717, 1.165) is 22.6 Å². The minimum absolute atomic E-state index is 0.0890. The molecule has 0 aliphatic heterocycles. The van der Waals surface area contributed by atoms with E-state index in [1.807, 2.05) is 32.9 Å². The Bertz CT molecular complexity index is 610. The van der Waals surface area contributed by atoms with Crippen molar-refractivity contribution in [2.75, 3.05) is 11.1 Å². The number of hydrogen-bond donors (Lipinski definition) is 1. The lowest BCUT2D eigenvalue weighted by Gasteiger charge is -2.07. The van der Waals surface area contributed by atoms with Crippen LogP contribution in [0, 0.1) is 20.8 Å². The first kappa shape index (κ1) is 14.5. The van der Waals surface area contributed by atoms with Crippen LogP contribution >= 0.6 is 11.8 Å². The van der Waals surface area contributed by atoms with E-state index in [9.17, 15) is 4.79 Å². The molecule has 2 heterocycles. The zero-order valence-corrected chi connectivity index (χ0v) is 12.5. The van der Waals surface area contributed by atoms with Gasteiger partial charge in [-0.2, -0.15) is 0 Å². The maximum absolute atomic E-state index is 11.9. The van der Waals surface area contributed by atoms with Gasteiger partial charge in [0.05, 0.1) is 17.6 Å². The van der Waals surface area contributed by atoms with Gasteiger partial charge in [-0.3, -0.25) is 9.78 Å². The van der Waals surface area contributed by atoms with Gasteiger partial charge in [0.25, 0.3) is 0 Å². The fraction of sp³-hybridized carbons (Fsp3) is 0.286. The van der Waals surface area contributed by atoms with Gasteiger partial charge in [-0.15, -0.1) is 0 Å². The van der Waals surface area contributed by atoms with Crippen LogP contribution in [0.4, 0.5) is 5.69 Å². The molecule has 1 amide bonds. The van der Waals surface area contributed by atoms with Crippen molar-refractivity contribution in [1.29, 1.82) is 0 Å². The molecule has 0 bridgehead atoms. The number of aryl methyl sites for hydroxylation is 3. The molecule has 20 heavy (non-hydrogen) atoms. The quantitative estimate of drug-likeness (QED) is 0.691. The van der Waals surface area contributed by atoms with Gasteiger partial charge in [0.2, 0.25) is 5.91 Å². The van der Waals surface area contributed by atoms with Gasteiger partial charge in [0.15, 0.2) is 5.16 Å². The van der Waals surface area contributed by atoms with Gasteiger partial charge in [-0.25, -0.2) is 9.97 Å². The summed E-state index contributed by atoms with van der Waals surface area (Å²) in [5.74, 6) is 0.186. The molecule has 0 fully saturated rings. The average molecular weight is 288 g/mol. The lowest BCUT2D eigenvalue weighted by molar-refractivity contribution is -0.113. The molecule has 2 aromatic heterocycles. The van der Waals surface area contributed by atoms with Crippen LogP contribution in [0.1, 0.15) is 17.0 Å². The van der Waals surface area contributed by atoms with Gasteiger partial charge in [0.1, 0.15) is 0 Å². The maximum atomic E-state index is 11.9. The van der Waals surface area contributed by atoms with Crippen molar-refractivity contribution in [2.45, 2.75) is 25.9 Å². The average Bonchev–Trinajstić information content (AvgIpc) is 2.38. The highest BCUT2D eigenvalue weighted by Gasteiger charge is 2.07. The fourth-order valence-electron chi connectivity index (χ4n) is 1.67. The second-order valence-electron chi connectivity index (χ2n) is 4.46. The van der Waals surface area contributed by atoms with E-state index in [1.165, 1.54) is 11.8 Å². The molecule has 0 aliphatic carbocycles. The summed E-state index contributed by atoms with van der Waals surface area (Å²) in [7, 11) is 0. The number of aromatic nitrogens is 3. The second kappa shape index (κ2) is 6.47. The van der Waals surface area contributed by atoms with Gasteiger partial charge in [-0.05, 0) is 38.5 Å². The van der Waals surface area contributed by atoms with E-state index in [4.69, 9.17) is 0 Å². The number of thioether (sulfide) groups is 1. The molecule has 2 rings (SSSR count). The Morgan fingerprint density at radius 2 is 1.95 bits per heavy atom. The van der Waals surface area contributed by atoms with Gasteiger partial charge in [0, 0.05) is 17.6 Å². The standard InChI is InChI=1S/C14H16N4OS/c1-9-4-5-15-7-12(9)18-13(19)8-20-14-16-10(2)6-11(3)17-14/h4-7H,8H2,1-3H3,(H,18,19). The molecule has 0 aromatic carbocycles. The van der Waals surface area contributed by atoms with Gasteiger partial charge in [-0.1, -0.05) is 11.8 Å². The third-order valence-corrected chi connectivity index (χ3v) is 3.45. The third kappa shape index (κ3) is 4.03. The summed E-state index contributed by atoms with van der Waals surface area (Å²) in [5.41, 5.74) is 3.53. The highest BCUT2D eigenvalue weighted by Crippen LogP contribution is 2.16. The third-order valence-electron chi connectivity index (χ3n) is 2.61. The maximum Gasteiger partial charge on any atom is 0.234 e. The summed E-state index contributed by atoms with van der Waals surface area (Å²) >= 11 is 1.33. The van der Waals surface area contributed by atoms with E-state index in [1.54, 1.807) is 12.4 Å². The number of carbonyl (C=O) groups excluding carboxylic acids is 1. The topological polar surface area (TPSA) is 67.8 Å². The van der Waals surface area contributed by atoms with E-state index in [0.29, 0.717) is 5.16 Å². The highest BCUT2D eigenvalue weighted by molar-refractivity contribution is 7.99. The molecule has 0 aliphatic rings. The number of hydrogen-bond acceptors (Lipinski definition) is 5. The van der Waals surface area contributed by atoms with Crippen LogP contribution in [-0.2, 0) is 4.79 Å². The Kier molecular flexibility index (Phi) is 4.68. The molecule has 0 spiro atoms. The number of amides is 1. The van der Waals surface area contributed by atoms with Crippen molar-refractivity contribution < 1.29 is 4.79 Å². The van der Waals surface area contributed by atoms with E-state index in [-0.39, 0.29) is 11.7 Å². The Morgan fingerprint density at radius 1 is 1.25 bits per heavy atom. The van der Waals surface area contributed by atoms with Crippen LogP contribution in [0.25, 0.3) is 0 Å². The SMILES string of the molecule is Cc1cc(C)nc(SCC(=O)Nc2cnccc2C)n1. The van der Waals surface area contributed by atoms with Crippen LogP contribution in [0.5, 0.6) is 0 Å². The Balaban J connectivity index is 1.94. The predicted molar refractivity (Wildman–Crippen MR) is 79.8 cm³/mol. The first-order valence-corrected chi connectivity index (χ1v) is 7.18. The van der Waals surface area contributed by atoms with E-state index in [2.05, 4.69) is 20.3 Å². The van der Waals surface area contributed by atoms with E-state index < -0.39 is 0 Å². The van der Waals surface area contributed by atoms with Crippen molar-refractivity contribution in [3.05, 3.63) is 41.5 Å². The lowest BCUT2D eigenvalue weighted by atomic mass is 10.2. The largest absolute Gasteiger partial charge is 0.324 e. The molecule has 5 nitrogen and oxygen atoms in total. The summed E-state index contributed by atoms with van der Waals surface area (Å²) in [6, 6.07) is 3.76. The number of pyridine rings is 1. The first-order valence-electron chi connectivity index (χ1n) is 6.20. The molecule has 0 unspecified atom stereocenters. The molecule has 0 atom stereocenters. The lowest BCUT2D eigenvalue weighted by Crippen LogP contribution is -2.15. The summed E-state index contributed by atoms with van der Waals surface area (Å²) in [6.45, 7) is 5.76. The van der Waals surface area contributed by atoms with Crippen molar-refractivity contribution in [1.82, 2.24) is 15.0 Å². The zero-order chi connectivity index (χ0) is 14.5. The summed E-state index contributed by atoms with van der Waals surface area (Å²) in [4.78, 5) is 24.5. The van der Waals surface area contributed by atoms with E-state index >= 15 is 0 Å². The predicted octanol–water partition coefficient (Wildman–Crippen LogP) is 2.53. The van der Waals surface area contributed by atoms with Gasteiger partial charge >= 0.3 is 0 Å². The molecule has 6 heteroatoms. The van der Waals surface area contributed by atoms with Crippen LogP contribution < -0.4 is 5.32 Å².